The van der Waals surface area contributed by atoms with E-state index in [1.165, 1.54) is 6.20 Å². The monoisotopic (exact) mass is 330 g/mol. The molecule has 0 spiro atoms. The maximum Gasteiger partial charge on any atom is 0.405 e. The van der Waals surface area contributed by atoms with Crippen LogP contribution in [0.25, 0.3) is 0 Å². The van der Waals surface area contributed by atoms with Crippen LogP contribution in [0.15, 0.2) is 16.7 Å². The van der Waals surface area contributed by atoms with Gasteiger partial charge in [-0.1, -0.05) is 0 Å². The molecule has 0 aliphatic carbocycles. The highest BCUT2D eigenvalue weighted by molar-refractivity contribution is 9.10. The summed E-state index contributed by atoms with van der Waals surface area (Å²) in [6, 6.07) is 1.72. The first-order chi connectivity index (χ1) is 7.85. The quantitative estimate of drug-likeness (QED) is 0.781. The van der Waals surface area contributed by atoms with E-state index in [4.69, 9.17) is 11.6 Å². The van der Waals surface area contributed by atoms with Crippen LogP contribution in [-0.4, -0.2) is 30.1 Å². The summed E-state index contributed by atoms with van der Waals surface area (Å²) < 4.78 is 37.8. The van der Waals surface area contributed by atoms with Crippen LogP contribution in [0.5, 0.6) is 0 Å². The second-order valence-corrected chi connectivity index (χ2v) is 4.66. The third-order valence-corrected chi connectivity index (χ3v) is 3.24. The normalized spacial score (nSPS) is 11.6. The molecule has 0 aliphatic rings. The molecule has 1 heterocycles. The van der Waals surface area contributed by atoms with Crippen LogP contribution in [0.2, 0.25) is 0 Å². The van der Waals surface area contributed by atoms with Crippen LogP contribution in [0, 0.1) is 6.92 Å². The molecule has 0 bridgehead atoms. The van der Waals surface area contributed by atoms with E-state index in [9.17, 15) is 13.2 Å². The Kier molecular flexibility index (Phi) is 5.06. The minimum atomic E-state index is -4.28. The van der Waals surface area contributed by atoms with Gasteiger partial charge in [0, 0.05) is 18.6 Å². The fourth-order valence-electron chi connectivity index (χ4n) is 1.32. The number of nitrogens with zero attached hydrogens (tertiary/aromatic N) is 2. The Morgan fingerprint density at radius 1 is 1.47 bits per heavy atom. The molecule has 0 radical (unpaired) electrons. The molecule has 17 heavy (non-hydrogen) atoms. The first kappa shape index (κ1) is 14.6. The second-order valence-electron chi connectivity index (χ2n) is 3.49. The summed E-state index contributed by atoms with van der Waals surface area (Å²) >= 11 is 8.76. The van der Waals surface area contributed by atoms with Gasteiger partial charge in [-0.05, 0) is 34.5 Å². The van der Waals surface area contributed by atoms with Crippen molar-refractivity contribution in [3.8, 4) is 0 Å². The Balaban J connectivity index is 3.01. The molecule has 0 saturated heterocycles. The molecule has 0 unspecified atom stereocenters. The molecule has 0 N–H and O–H groups in total. The number of halogens is 5. The molecule has 0 aliphatic heterocycles. The Hall–Kier alpha value is -0.490. The molecule has 0 fully saturated rings. The molecule has 96 valence electrons. The molecule has 1 aromatic heterocycles. The molecule has 0 atom stereocenters. The Bertz CT molecular complexity index is 384. The van der Waals surface area contributed by atoms with Crippen LogP contribution in [0.4, 0.5) is 19.0 Å². The van der Waals surface area contributed by atoms with E-state index < -0.39 is 12.7 Å². The zero-order valence-corrected chi connectivity index (χ0v) is 11.4. The lowest BCUT2D eigenvalue weighted by Gasteiger charge is -2.25. The molecule has 2 nitrogen and oxygen atoms in total. The van der Waals surface area contributed by atoms with Crippen molar-refractivity contribution in [3.05, 3.63) is 22.3 Å². The van der Waals surface area contributed by atoms with Gasteiger partial charge >= 0.3 is 6.18 Å². The number of aryl methyl sites for hydroxylation is 1. The van der Waals surface area contributed by atoms with Crippen LogP contribution in [0.1, 0.15) is 5.56 Å². The van der Waals surface area contributed by atoms with Gasteiger partial charge in [-0.15, -0.1) is 11.6 Å². The largest absolute Gasteiger partial charge is 0.405 e. The number of aromatic nitrogens is 1. The van der Waals surface area contributed by atoms with Gasteiger partial charge in [-0.2, -0.15) is 13.2 Å². The predicted octanol–water partition coefficient (Wildman–Crippen LogP) is 3.76. The van der Waals surface area contributed by atoms with Crippen LogP contribution in [-0.2, 0) is 0 Å². The fourth-order valence-corrected chi connectivity index (χ4v) is 2.01. The lowest BCUT2D eigenvalue weighted by Crippen LogP contribution is -2.36. The van der Waals surface area contributed by atoms with Crippen LogP contribution in [0.3, 0.4) is 0 Å². The zero-order chi connectivity index (χ0) is 13.1. The predicted molar refractivity (Wildman–Crippen MR) is 65.7 cm³/mol. The van der Waals surface area contributed by atoms with E-state index >= 15 is 0 Å². The highest BCUT2D eigenvalue weighted by Gasteiger charge is 2.31. The van der Waals surface area contributed by atoms with Crippen molar-refractivity contribution in [1.82, 2.24) is 4.98 Å². The number of alkyl halides is 4. The number of rotatable bonds is 4. The number of pyridine rings is 1. The number of hydrogen-bond acceptors (Lipinski definition) is 2. The SMILES string of the molecule is Cc1ccnc(N(CCCl)CC(F)(F)F)c1Br. The molecular weight excluding hydrogens is 320 g/mol. The molecular formula is C10H11BrClF3N2. The Morgan fingerprint density at radius 2 is 2.12 bits per heavy atom. The minimum absolute atomic E-state index is 0.0934. The van der Waals surface area contributed by atoms with E-state index in [1.807, 2.05) is 0 Å². The second kappa shape index (κ2) is 5.91. The highest BCUT2D eigenvalue weighted by Crippen LogP contribution is 2.29. The number of anilines is 1. The lowest BCUT2D eigenvalue weighted by molar-refractivity contribution is -0.119. The molecule has 0 saturated carbocycles. The Labute approximate surface area is 111 Å². The zero-order valence-electron chi connectivity index (χ0n) is 9.06. The van der Waals surface area contributed by atoms with E-state index in [1.54, 1.807) is 13.0 Å². The Morgan fingerprint density at radius 3 is 2.65 bits per heavy atom. The first-order valence-electron chi connectivity index (χ1n) is 4.84. The summed E-state index contributed by atoms with van der Waals surface area (Å²) in [6.45, 7) is 0.826. The van der Waals surface area contributed by atoms with Gasteiger partial charge in [0.1, 0.15) is 12.4 Å². The van der Waals surface area contributed by atoms with Crippen molar-refractivity contribution >= 4 is 33.3 Å². The maximum atomic E-state index is 12.4. The van der Waals surface area contributed by atoms with Gasteiger partial charge in [-0.3, -0.25) is 0 Å². The molecule has 7 heteroatoms. The minimum Gasteiger partial charge on any atom is -0.345 e. The third kappa shape index (κ3) is 4.35. The summed E-state index contributed by atoms with van der Waals surface area (Å²) in [7, 11) is 0. The molecule has 0 amide bonds. The van der Waals surface area contributed by atoms with Gasteiger partial charge in [0.25, 0.3) is 0 Å². The molecule has 1 aromatic rings. The van der Waals surface area contributed by atoms with Crippen LogP contribution >= 0.6 is 27.5 Å². The van der Waals surface area contributed by atoms with Gasteiger partial charge in [0.15, 0.2) is 0 Å². The topological polar surface area (TPSA) is 16.1 Å². The van der Waals surface area contributed by atoms with Gasteiger partial charge < -0.3 is 4.90 Å². The number of hydrogen-bond donors (Lipinski definition) is 0. The van der Waals surface area contributed by atoms with Crippen molar-refractivity contribution in [3.63, 3.8) is 0 Å². The van der Waals surface area contributed by atoms with Gasteiger partial charge in [-0.25, -0.2) is 4.98 Å². The van der Waals surface area contributed by atoms with Gasteiger partial charge in [0.05, 0.1) is 4.47 Å². The first-order valence-corrected chi connectivity index (χ1v) is 6.16. The van der Waals surface area contributed by atoms with Crippen molar-refractivity contribution in [2.75, 3.05) is 23.9 Å². The van der Waals surface area contributed by atoms with Crippen molar-refractivity contribution in [1.29, 1.82) is 0 Å². The fraction of sp³-hybridized carbons (Fsp3) is 0.500. The van der Waals surface area contributed by atoms with E-state index in [0.29, 0.717) is 4.47 Å². The maximum absolute atomic E-state index is 12.4. The highest BCUT2D eigenvalue weighted by atomic mass is 79.9. The van der Waals surface area contributed by atoms with Crippen LogP contribution < -0.4 is 4.90 Å². The van der Waals surface area contributed by atoms with E-state index in [2.05, 4.69) is 20.9 Å². The lowest BCUT2D eigenvalue weighted by atomic mass is 10.3. The van der Waals surface area contributed by atoms with Crippen molar-refractivity contribution in [2.24, 2.45) is 0 Å². The summed E-state index contributed by atoms with van der Waals surface area (Å²) in [5.41, 5.74) is 0.830. The van der Waals surface area contributed by atoms with E-state index in [-0.39, 0.29) is 18.2 Å². The molecule has 1 rings (SSSR count). The van der Waals surface area contributed by atoms with Crippen molar-refractivity contribution in [2.45, 2.75) is 13.1 Å². The summed E-state index contributed by atoms with van der Waals surface area (Å²) in [6.07, 6.45) is -2.80. The van der Waals surface area contributed by atoms with E-state index in [0.717, 1.165) is 10.5 Å². The summed E-state index contributed by atoms with van der Waals surface area (Å²) in [5.74, 6) is 0.376. The average Bonchev–Trinajstić information content (AvgIpc) is 2.19. The van der Waals surface area contributed by atoms with Gasteiger partial charge in [0.2, 0.25) is 0 Å². The molecule has 0 aromatic carbocycles. The van der Waals surface area contributed by atoms with Crippen molar-refractivity contribution < 1.29 is 13.2 Å². The standard InChI is InChI=1S/C10H11BrClF3N2/c1-7-2-4-16-9(8(7)11)17(5-3-12)6-10(13,14)15/h2,4H,3,5-6H2,1H3. The average molecular weight is 332 g/mol. The third-order valence-electron chi connectivity index (χ3n) is 2.09. The summed E-state index contributed by atoms with van der Waals surface area (Å²) in [5, 5.41) is 0. The smallest absolute Gasteiger partial charge is 0.345 e. The summed E-state index contributed by atoms with van der Waals surface area (Å²) in [4.78, 5) is 5.08.